The fraction of sp³-hybridized carbons (Fsp3) is 0.500. The topological polar surface area (TPSA) is 38.3 Å². The van der Waals surface area contributed by atoms with E-state index in [1.807, 2.05) is 31.2 Å². The van der Waals surface area contributed by atoms with Gasteiger partial charge in [-0.15, -0.1) is 0 Å². The maximum Gasteiger partial charge on any atom is 0.224 e. The van der Waals surface area contributed by atoms with Crippen molar-refractivity contribution in [3.05, 3.63) is 34.3 Å². The van der Waals surface area contributed by atoms with Gasteiger partial charge in [0.25, 0.3) is 0 Å². The largest absolute Gasteiger partial charge is 0.376 e. The number of carbonyl (C=O) groups excluding carboxylic acids is 1. The normalized spacial score (nSPS) is 20.7. The molecular weight excluding hydrogens is 294 g/mol. The Morgan fingerprint density at radius 3 is 2.83 bits per heavy atom. The predicted molar refractivity (Wildman–Crippen MR) is 74.4 cm³/mol. The average molecular weight is 312 g/mol. The van der Waals surface area contributed by atoms with E-state index in [9.17, 15) is 4.79 Å². The molecule has 2 rings (SSSR count). The van der Waals surface area contributed by atoms with Crippen molar-refractivity contribution in [2.24, 2.45) is 0 Å². The molecule has 2 atom stereocenters. The van der Waals surface area contributed by atoms with Gasteiger partial charge < -0.3 is 10.1 Å². The van der Waals surface area contributed by atoms with E-state index in [-0.39, 0.29) is 18.1 Å². The number of amides is 1. The van der Waals surface area contributed by atoms with Crippen LogP contribution in [-0.4, -0.2) is 24.7 Å². The van der Waals surface area contributed by atoms with E-state index < -0.39 is 0 Å². The number of benzene rings is 1. The van der Waals surface area contributed by atoms with Gasteiger partial charge in [0, 0.05) is 11.1 Å². The van der Waals surface area contributed by atoms with E-state index in [0.717, 1.165) is 29.5 Å². The molecule has 1 aromatic rings. The van der Waals surface area contributed by atoms with Crippen LogP contribution >= 0.6 is 15.9 Å². The van der Waals surface area contributed by atoms with E-state index in [1.54, 1.807) is 0 Å². The summed E-state index contributed by atoms with van der Waals surface area (Å²) in [6.07, 6.45) is 2.74. The van der Waals surface area contributed by atoms with Crippen LogP contribution in [0.15, 0.2) is 28.7 Å². The molecule has 0 saturated carbocycles. The van der Waals surface area contributed by atoms with Gasteiger partial charge in [0.05, 0.1) is 18.6 Å². The van der Waals surface area contributed by atoms with Crippen LogP contribution in [0.3, 0.4) is 0 Å². The molecule has 3 nitrogen and oxygen atoms in total. The Kier molecular flexibility index (Phi) is 4.78. The lowest BCUT2D eigenvalue weighted by atomic mass is 10.1. The molecule has 0 spiro atoms. The van der Waals surface area contributed by atoms with Crippen molar-refractivity contribution in [1.29, 1.82) is 0 Å². The number of rotatable bonds is 4. The van der Waals surface area contributed by atoms with E-state index in [0.29, 0.717) is 6.42 Å². The Hall–Kier alpha value is -0.870. The second-order valence-electron chi connectivity index (χ2n) is 4.71. The van der Waals surface area contributed by atoms with Crippen LogP contribution in [0.5, 0.6) is 0 Å². The molecule has 0 aliphatic carbocycles. The van der Waals surface area contributed by atoms with E-state index >= 15 is 0 Å². The minimum absolute atomic E-state index is 0.0559. The molecule has 0 bridgehead atoms. The second-order valence-corrected chi connectivity index (χ2v) is 5.63. The van der Waals surface area contributed by atoms with Gasteiger partial charge in [0.2, 0.25) is 5.91 Å². The Labute approximate surface area is 116 Å². The van der Waals surface area contributed by atoms with Crippen molar-refractivity contribution >= 4 is 21.8 Å². The molecule has 98 valence electrons. The van der Waals surface area contributed by atoms with Gasteiger partial charge in [-0.3, -0.25) is 4.79 Å². The first kappa shape index (κ1) is 13.6. The summed E-state index contributed by atoms with van der Waals surface area (Å²) in [6.45, 7) is 2.83. The highest BCUT2D eigenvalue weighted by molar-refractivity contribution is 9.10. The molecule has 4 heteroatoms. The van der Waals surface area contributed by atoms with Crippen LogP contribution in [-0.2, 0) is 16.0 Å². The van der Waals surface area contributed by atoms with Gasteiger partial charge in [0.15, 0.2) is 0 Å². The van der Waals surface area contributed by atoms with Gasteiger partial charge >= 0.3 is 0 Å². The minimum atomic E-state index is 0.0559. The summed E-state index contributed by atoms with van der Waals surface area (Å²) in [5.41, 5.74) is 1.02. The molecule has 1 aliphatic heterocycles. The first-order valence-corrected chi connectivity index (χ1v) is 7.10. The summed E-state index contributed by atoms with van der Waals surface area (Å²) in [4.78, 5) is 11.9. The molecule has 0 aromatic heterocycles. The van der Waals surface area contributed by atoms with Crippen LogP contribution in [0, 0.1) is 0 Å². The summed E-state index contributed by atoms with van der Waals surface area (Å²) in [6, 6.07) is 7.91. The van der Waals surface area contributed by atoms with Crippen molar-refractivity contribution in [3.63, 3.8) is 0 Å². The highest BCUT2D eigenvalue weighted by Gasteiger charge is 2.23. The average Bonchev–Trinajstić information content (AvgIpc) is 2.85. The summed E-state index contributed by atoms with van der Waals surface area (Å²) >= 11 is 3.38. The molecule has 0 radical (unpaired) electrons. The maximum atomic E-state index is 11.9. The third-order valence-electron chi connectivity index (χ3n) is 3.19. The highest BCUT2D eigenvalue weighted by Crippen LogP contribution is 2.15. The lowest BCUT2D eigenvalue weighted by Crippen LogP contribution is -2.41. The Morgan fingerprint density at radius 1 is 1.50 bits per heavy atom. The monoisotopic (exact) mass is 311 g/mol. The summed E-state index contributed by atoms with van der Waals surface area (Å²) in [5, 5.41) is 3.01. The summed E-state index contributed by atoms with van der Waals surface area (Å²) in [7, 11) is 0. The summed E-state index contributed by atoms with van der Waals surface area (Å²) < 4.78 is 6.59. The van der Waals surface area contributed by atoms with Crippen LogP contribution in [0.25, 0.3) is 0 Å². The van der Waals surface area contributed by atoms with Crippen molar-refractivity contribution in [3.8, 4) is 0 Å². The lowest BCUT2D eigenvalue weighted by molar-refractivity contribution is -0.121. The van der Waals surface area contributed by atoms with Crippen LogP contribution in [0.2, 0.25) is 0 Å². The number of hydrogen-bond donors (Lipinski definition) is 1. The number of halogens is 1. The zero-order valence-corrected chi connectivity index (χ0v) is 12.1. The maximum absolute atomic E-state index is 11.9. The van der Waals surface area contributed by atoms with Crippen LogP contribution < -0.4 is 5.32 Å². The molecular formula is C14H18BrNO2. The highest BCUT2D eigenvalue weighted by atomic mass is 79.9. The van der Waals surface area contributed by atoms with Crippen molar-refractivity contribution in [2.45, 2.75) is 38.3 Å². The summed E-state index contributed by atoms with van der Waals surface area (Å²) in [5.74, 6) is 0.0559. The third-order valence-corrected chi connectivity index (χ3v) is 3.72. The zero-order chi connectivity index (χ0) is 13.0. The van der Waals surface area contributed by atoms with E-state index in [2.05, 4.69) is 21.2 Å². The molecule has 1 saturated heterocycles. The standard InChI is InChI=1S/C14H18BrNO2/c1-10(13-3-2-8-18-13)16-14(17)9-11-4-6-12(15)7-5-11/h4-7,10,13H,2-3,8-9H2,1H3,(H,16,17)/t10-,13-/m0/s1. The number of hydrogen-bond acceptors (Lipinski definition) is 2. The Bertz CT molecular complexity index is 399. The molecule has 1 amide bonds. The lowest BCUT2D eigenvalue weighted by Gasteiger charge is -2.20. The van der Waals surface area contributed by atoms with Gasteiger partial charge in [-0.05, 0) is 37.5 Å². The van der Waals surface area contributed by atoms with Crippen molar-refractivity contribution < 1.29 is 9.53 Å². The quantitative estimate of drug-likeness (QED) is 0.928. The van der Waals surface area contributed by atoms with Gasteiger partial charge in [-0.25, -0.2) is 0 Å². The number of ether oxygens (including phenoxy) is 1. The van der Waals surface area contributed by atoms with E-state index in [4.69, 9.17) is 4.74 Å². The Morgan fingerprint density at radius 2 is 2.22 bits per heavy atom. The van der Waals surface area contributed by atoms with Crippen LogP contribution in [0.1, 0.15) is 25.3 Å². The van der Waals surface area contributed by atoms with Gasteiger partial charge in [-0.1, -0.05) is 28.1 Å². The smallest absolute Gasteiger partial charge is 0.224 e. The molecule has 0 unspecified atom stereocenters. The molecule has 1 heterocycles. The van der Waals surface area contributed by atoms with Crippen molar-refractivity contribution in [2.75, 3.05) is 6.61 Å². The Balaban J connectivity index is 1.82. The first-order chi connectivity index (χ1) is 8.65. The SMILES string of the molecule is C[C@H](NC(=O)Cc1ccc(Br)cc1)[C@@H]1CCCO1. The minimum Gasteiger partial charge on any atom is -0.376 e. The zero-order valence-electron chi connectivity index (χ0n) is 10.5. The fourth-order valence-electron chi connectivity index (χ4n) is 2.18. The van der Waals surface area contributed by atoms with Gasteiger partial charge in [-0.2, -0.15) is 0 Å². The van der Waals surface area contributed by atoms with E-state index in [1.165, 1.54) is 0 Å². The molecule has 1 aromatic carbocycles. The van der Waals surface area contributed by atoms with Crippen LogP contribution in [0.4, 0.5) is 0 Å². The molecule has 1 fully saturated rings. The predicted octanol–water partition coefficient (Wildman–Crippen LogP) is 2.68. The fourth-order valence-corrected chi connectivity index (χ4v) is 2.45. The molecule has 1 aliphatic rings. The second kappa shape index (κ2) is 6.34. The van der Waals surface area contributed by atoms with Gasteiger partial charge in [0.1, 0.15) is 0 Å². The molecule has 1 N–H and O–H groups in total. The van der Waals surface area contributed by atoms with Crippen molar-refractivity contribution in [1.82, 2.24) is 5.32 Å². The first-order valence-electron chi connectivity index (χ1n) is 6.30. The third kappa shape index (κ3) is 3.82. The number of carbonyl (C=O) groups is 1. The number of nitrogens with one attached hydrogen (secondary N) is 1. The molecule has 18 heavy (non-hydrogen) atoms.